The number of hydrogen-bond acceptors (Lipinski definition) is 2. The van der Waals surface area contributed by atoms with E-state index in [4.69, 9.17) is 0 Å². The lowest BCUT2D eigenvalue weighted by Crippen LogP contribution is -2.03. The van der Waals surface area contributed by atoms with Gasteiger partial charge in [-0.1, -0.05) is 25.5 Å². The summed E-state index contributed by atoms with van der Waals surface area (Å²) in [5.41, 5.74) is 1.23. The molecule has 0 bridgehead atoms. The first-order chi connectivity index (χ1) is 10.4. The zero-order valence-corrected chi connectivity index (χ0v) is 13.4. The highest BCUT2D eigenvalue weighted by molar-refractivity contribution is 7.15. The van der Waals surface area contributed by atoms with Crippen molar-refractivity contribution < 1.29 is 18.3 Å². The van der Waals surface area contributed by atoms with Gasteiger partial charge in [-0.25, -0.2) is 0 Å². The summed E-state index contributed by atoms with van der Waals surface area (Å²) in [7, 11) is 0. The predicted octanol–water partition coefficient (Wildman–Crippen LogP) is 5.62. The SMILES string of the molecule is CCCC(CO)c1sc(-c2ccc(C(F)(F)F)cc2)cc1C. The van der Waals surface area contributed by atoms with Crippen molar-refractivity contribution in [2.45, 2.75) is 38.8 Å². The van der Waals surface area contributed by atoms with Crippen LogP contribution in [-0.2, 0) is 6.18 Å². The van der Waals surface area contributed by atoms with Crippen LogP contribution in [0.4, 0.5) is 13.2 Å². The van der Waals surface area contributed by atoms with E-state index in [9.17, 15) is 18.3 Å². The molecule has 2 rings (SSSR count). The number of aliphatic hydroxyl groups is 1. The molecule has 1 unspecified atom stereocenters. The van der Waals surface area contributed by atoms with Crippen molar-refractivity contribution in [2.24, 2.45) is 0 Å². The summed E-state index contributed by atoms with van der Waals surface area (Å²) < 4.78 is 37.8. The minimum Gasteiger partial charge on any atom is -0.396 e. The van der Waals surface area contributed by atoms with Gasteiger partial charge in [0, 0.05) is 15.7 Å². The van der Waals surface area contributed by atoms with Gasteiger partial charge in [0.15, 0.2) is 0 Å². The molecule has 0 aliphatic heterocycles. The molecule has 120 valence electrons. The molecule has 2 aromatic rings. The van der Waals surface area contributed by atoms with Crippen molar-refractivity contribution in [3.8, 4) is 10.4 Å². The van der Waals surface area contributed by atoms with Gasteiger partial charge < -0.3 is 5.11 Å². The monoisotopic (exact) mass is 328 g/mol. The Labute approximate surface area is 132 Å². The summed E-state index contributed by atoms with van der Waals surface area (Å²) in [5, 5.41) is 9.52. The molecule has 1 heterocycles. The van der Waals surface area contributed by atoms with Gasteiger partial charge in [0.2, 0.25) is 0 Å². The van der Waals surface area contributed by atoms with Crippen LogP contribution in [0.3, 0.4) is 0 Å². The number of halogens is 3. The van der Waals surface area contributed by atoms with E-state index in [1.54, 1.807) is 11.3 Å². The Hall–Kier alpha value is -1.33. The van der Waals surface area contributed by atoms with Gasteiger partial charge in [-0.05, 0) is 42.7 Å². The van der Waals surface area contributed by atoms with Crippen LogP contribution < -0.4 is 0 Å². The molecule has 1 nitrogen and oxygen atoms in total. The second-order valence-corrected chi connectivity index (χ2v) is 6.48. The van der Waals surface area contributed by atoms with Crippen LogP contribution in [0.15, 0.2) is 30.3 Å². The number of benzene rings is 1. The van der Waals surface area contributed by atoms with Gasteiger partial charge in [-0.15, -0.1) is 11.3 Å². The molecule has 0 spiro atoms. The second-order valence-electron chi connectivity index (χ2n) is 5.40. The standard InChI is InChI=1S/C17H19F3OS/c1-3-4-13(10-21)16-11(2)9-15(22-16)12-5-7-14(8-6-12)17(18,19)20/h5-9,13,21H,3-4,10H2,1-2H3. The van der Waals surface area contributed by atoms with Crippen molar-refractivity contribution >= 4 is 11.3 Å². The molecule has 1 N–H and O–H groups in total. The van der Waals surface area contributed by atoms with E-state index in [2.05, 4.69) is 6.92 Å². The zero-order valence-electron chi connectivity index (χ0n) is 12.6. The third-order valence-electron chi connectivity index (χ3n) is 3.68. The first-order valence-corrected chi connectivity index (χ1v) is 8.07. The fraction of sp³-hybridized carbons (Fsp3) is 0.412. The largest absolute Gasteiger partial charge is 0.416 e. The third-order valence-corrected chi connectivity index (χ3v) is 5.13. The average Bonchev–Trinajstić information content (AvgIpc) is 2.86. The average molecular weight is 328 g/mol. The molecule has 0 fully saturated rings. The van der Waals surface area contributed by atoms with Gasteiger partial charge >= 0.3 is 6.18 Å². The highest BCUT2D eigenvalue weighted by Crippen LogP contribution is 2.38. The summed E-state index contributed by atoms with van der Waals surface area (Å²) in [6.45, 7) is 4.15. The summed E-state index contributed by atoms with van der Waals surface area (Å²) in [5.74, 6) is 0.109. The summed E-state index contributed by atoms with van der Waals surface area (Å²) >= 11 is 1.56. The molecule has 1 aromatic carbocycles. The molecule has 0 saturated heterocycles. The third kappa shape index (κ3) is 3.70. The Balaban J connectivity index is 2.30. The van der Waals surface area contributed by atoms with Crippen LogP contribution in [0.1, 0.15) is 41.7 Å². The smallest absolute Gasteiger partial charge is 0.396 e. The second kappa shape index (κ2) is 6.84. The van der Waals surface area contributed by atoms with E-state index < -0.39 is 11.7 Å². The van der Waals surface area contributed by atoms with Crippen molar-refractivity contribution in [2.75, 3.05) is 6.61 Å². The topological polar surface area (TPSA) is 20.2 Å². The zero-order chi connectivity index (χ0) is 16.3. The molecule has 0 aliphatic rings. The first kappa shape index (κ1) is 17.0. The van der Waals surface area contributed by atoms with E-state index >= 15 is 0 Å². The van der Waals surface area contributed by atoms with Crippen LogP contribution in [0.5, 0.6) is 0 Å². The Morgan fingerprint density at radius 1 is 1.18 bits per heavy atom. The minimum atomic E-state index is -4.31. The van der Waals surface area contributed by atoms with Crippen molar-refractivity contribution in [1.82, 2.24) is 0 Å². The number of hydrogen-bond donors (Lipinski definition) is 1. The van der Waals surface area contributed by atoms with Gasteiger partial charge in [0.1, 0.15) is 0 Å². The highest BCUT2D eigenvalue weighted by Gasteiger charge is 2.30. The normalized spacial score (nSPS) is 13.4. The Morgan fingerprint density at radius 3 is 2.32 bits per heavy atom. The summed E-state index contributed by atoms with van der Waals surface area (Å²) in [6, 6.07) is 7.22. The first-order valence-electron chi connectivity index (χ1n) is 7.25. The molecule has 1 atom stereocenters. The Kier molecular flexibility index (Phi) is 5.29. The van der Waals surface area contributed by atoms with Gasteiger partial charge in [0.25, 0.3) is 0 Å². The maximum absolute atomic E-state index is 12.6. The van der Waals surface area contributed by atoms with Crippen molar-refractivity contribution in [1.29, 1.82) is 0 Å². The lowest BCUT2D eigenvalue weighted by molar-refractivity contribution is -0.137. The number of alkyl halides is 3. The van der Waals surface area contributed by atoms with Crippen molar-refractivity contribution in [3.63, 3.8) is 0 Å². The molecule has 22 heavy (non-hydrogen) atoms. The fourth-order valence-corrected chi connectivity index (χ4v) is 3.83. The van der Waals surface area contributed by atoms with Crippen LogP contribution in [0.25, 0.3) is 10.4 Å². The summed E-state index contributed by atoms with van der Waals surface area (Å²) in [4.78, 5) is 2.06. The van der Waals surface area contributed by atoms with Gasteiger partial charge in [-0.3, -0.25) is 0 Å². The maximum Gasteiger partial charge on any atom is 0.416 e. The van der Waals surface area contributed by atoms with Crippen LogP contribution in [0, 0.1) is 6.92 Å². The molecule has 0 saturated carbocycles. The van der Waals surface area contributed by atoms with E-state index in [-0.39, 0.29) is 12.5 Å². The van der Waals surface area contributed by atoms with Crippen LogP contribution in [0.2, 0.25) is 0 Å². The summed E-state index contributed by atoms with van der Waals surface area (Å²) in [6.07, 6.45) is -2.42. The van der Waals surface area contributed by atoms with E-state index in [1.807, 2.05) is 13.0 Å². The number of aliphatic hydroxyl groups excluding tert-OH is 1. The quantitative estimate of drug-likeness (QED) is 0.755. The van der Waals surface area contributed by atoms with Gasteiger partial charge in [-0.2, -0.15) is 13.2 Å². The van der Waals surface area contributed by atoms with Crippen LogP contribution in [-0.4, -0.2) is 11.7 Å². The van der Waals surface area contributed by atoms with Crippen molar-refractivity contribution in [3.05, 3.63) is 46.3 Å². The van der Waals surface area contributed by atoms with Crippen LogP contribution >= 0.6 is 11.3 Å². The Bertz CT molecular complexity index is 614. The number of aryl methyl sites for hydroxylation is 1. The van der Waals surface area contributed by atoms with Gasteiger partial charge in [0.05, 0.1) is 12.2 Å². The molecular formula is C17H19F3OS. The molecule has 1 aromatic heterocycles. The maximum atomic E-state index is 12.6. The number of rotatable bonds is 5. The fourth-order valence-electron chi connectivity index (χ4n) is 2.52. The molecule has 5 heteroatoms. The van der Waals surface area contributed by atoms with E-state index in [1.165, 1.54) is 12.1 Å². The van der Waals surface area contributed by atoms with E-state index in [0.29, 0.717) is 0 Å². The molecular weight excluding hydrogens is 309 g/mol. The lowest BCUT2D eigenvalue weighted by atomic mass is 10.00. The highest BCUT2D eigenvalue weighted by atomic mass is 32.1. The molecule has 0 aliphatic carbocycles. The molecule has 0 radical (unpaired) electrons. The molecule has 0 amide bonds. The number of thiophene rings is 1. The minimum absolute atomic E-state index is 0.0989. The predicted molar refractivity (Wildman–Crippen MR) is 84.2 cm³/mol. The lowest BCUT2D eigenvalue weighted by Gasteiger charge is -2.12. The Morgan fingerprint density at radius 2 is 1.82 bits per heavy atom. The van der Waals surface area contributed by atoms with E-state index in [0.717, 1.165) is 45.9 Å².